The Bertz CT molecular complexity index is 1780. The molecule has 0 aliphatic heterocycles. The number of amides is 5. The lowest BCUT2D eigenvalue weighted by atomic mass is 9.81. The molecule has 49 heavy (non-hydrogen) atoms. The summed E-state index contributed by atoms with van der Waals surface area (Å²) in [5, 5.41) is 17.1. The third-order valence-electron chi connectivity index (χ3n) is 8.16. The number of ether oxygens (including phenoxy) is 1. The molecule has 0 radical (unpaired) electrons. The number of hydrogen-bond donors (Lipinski definition) is 4. The fourth-order valence-electron chi connectivity index (χ4n) is 5.63. The third-order valence-corrected chi connectivity index (χ3v) is 8.16. The van der Waals surface area contributed by atoms with Gasteiger partial charge in [0.15, 0.2) is 17.3 Å². The van der Waals surface area contributed by atoms with Crippen molar-refractivity contribution >= 4 is 35.3 Å². The SMILES string of the molecule is O=C(Cc1ccc(F)cc1)NC(=O)Nc1ccc(Oc2ccncc2NC(=O)C2CCC(CN(Cc3ccccc3)C(=O)O)CC2)c(F)c1. The molecule has 13 heteroatoms. The number of carbonyl (C=O) groups is 4. The molecule has 0 unspecified atom stereocenters. The number of pyridine rings is 1. The average molecular weight is 672 g/mol. The first-order valence-corrected chi connectivity index (χ1v) is 15.7. The number of nitrogens with zero attached hydrogens (tertiary/aromatic N) is 2. The summed E-state index contributed by atoms with van der Waals surface area (Å²) in [5.74, 6) is -2.33. The standard InChI is InChI=1S/C36H35F2N5O6/c37-27-12-8-23(9-13-27)18-33(44)42-35(46)40-28-14-15-31(29(38)19-28)49-32-16-17-39-20-30(32)41-34(45)26-10-6-25(7-11-26)22-43(36(47)48)21-24-4-2-1-3-5-24/h1-5,8-9,12-17,19-20,25-26H,6-7,10-11,18,21-22H2,(H,41,45)(H,47,48)(H2,40,42,44,46). The Morgan fingerprint density at radius 3 is 2.29 bits per heavy atom. The van der Waals surface area contributed by atoms with E-state index in [1.807, 2.05) is 30.3 Å². The summed E-state index contributed by atoms with van der Waals surface area (Å²) in [6.07, 6.45) is 4.25. The number of carbonyl (C=O) groups excluding carboxylic acids is 3. The van der Waals surface area contributed by atoms with Crippen molar-refractivity contribution < 1.29 is 37.8 Å². The molecule has 254 valence electrons. The number of benzene rings is 3. The van der Waals surface area contributed by atoms with Crippen molar-refractivity contribution in [2.75, 3.05) is 17.2 Å². The molecule has 11 nitrogen and oxygen atoms in total. The first-order valence-electron chi connectivity index (χ1n) is 15.7. The van der Waals surface area contributed by atoms with Gasteiger partial charge >= 0.3 is 12.1 Å². The van der Waals surface area contributed by atoms with E-state index in [0.717, 1.165) is 11.6 Å². The lowest BCUT2D eigenvalue weighted by Gasteiger charge is -2.31. The Labute approximate surface area is 281 Å². The van der Waals surface area contributed by atoms with Gasteiger partial charge in [0.25, 0.3) is 0 Å². The van der Waals surface area contributed by atoms with Gasteiger partial charge in [-0.3, -0.25) is 19.9 Å². The van der Waals surface area contributed by atoms with Gasteiger partial charge in [-0.1, -0.05) is 42.5 Å². The summed E-state index contributed by atoms with van der Waals surface area (Å²) in [4.78, 5) is 54.9. The average Bonchev–Trinajstić information content (AvgIpc) is 3.08. The Hall–Kier alpha value is -5.85. The number of halogens is 2. The lowest BCUT2D eigenvalue weighted by Crippen LogP contribution is -2.36. The Balaban J connectivity index is 1.11. The van der Waals surface area contributed by atoms with Gasteiger partial charge in [-0.05, 0) is 67.0 Å². The molecule has 0 bridgehead atoms. The topological polar surface area (TPSA) is 150 Å². The van der Waals surface area contributed by atoms with Crippen molar-refractivity contribution in [1.82, 2.24) is 15.2 Å². The fourth-order valence-corrected chi connectivity index (χ4v) is 5.63. The zero-order valence-electron chi connectivity index (χ0n) is 26.4. The van der Waals surface area contributed by atoms with E-state index in [1.54, 1.807) is 0 Å². The fraction of sp³-hybridized carbons (Fsp3) is 0.250. The summed E-state index contributed by atoms with van der Waals surface area (Å²) in [5.41, 5.74) is 1.73. The predicted molar refractivity (Wildman–Crippen MR) is 177 cm³/mol. The summed E-state index contributed by atoms with van der Waals surface area (Å²) < 4.78 is 33.8. The smallest absolute Gasteiger partial charge is 0.407 e. The number of aromatic nitrogens is 1. The lowest BCUT2D eigenvalue weighted by molar-refractivity contribution is -0.121. The molecule has 0 saturated heterocycles. The molecule has 5 rings (SSSR count). The summed E-state index contributed by atoms with van der Waals surface area (Å²) in [6.45, 7) is 0.690. The van der Waals surface area contributed by atoms with Crippen LogP contribution in [0, 0.1) is 23.5 Å². The van der Waals surface area contributed by atoms with Crippen LogP contribution in [0.15, 0.2) is 91.3 Å². The van der Waals surface area contributed by atoms with E-state index in [1.165, 1.54) is 59.8 Å². The molecule has 1 aliphatic rings. The van der Waals surface area contributed by atoms with Crippen LogP contribution in [-0.2, 0) is 22.6 Å². The zero-order chi connectivity index (χ0) is 34.8. The van der Waals surface area contributed by atoms with Crippen LogP contribution in [0.3, 0.4) is 0 Å². The number of hydrogen-bond acceptors (Lipinski definition) is 6. The van der Waals surface area contributed by atoms with Gasteiger partial charge in [-0.2, -0.15) is 0 Å². The van der Waals surface area contributed by atoms with Gasteiger partial charge < -0.3 is 25.4 Å². The molecule has 1 aliphatic carbocycles. The molecule has 4 N–H and O–H groups in total. The van der Waals surface area contributed by atoms with Gasteiger partial charge in [-0.25, -0.2) is 18.4 Å². The van der Waals surface area contributed by atoms with Gasteiger partial charge in [0.2, 0.25) is 11.8 Å². The maximum absolute atomic E-state index is 15.0. The van der Waals surface area contributed by atoms with Gasteiger partial charge in [0.1, 0.15) is 11.5 Å². The zero-order valence-corrected chi connectivity index (χ0v) is 26.4. The second-order valence-corrected chi connectivity index (χ2v) is 11.8. The van der Waals surface area contributed by atoms with E-state index in [4.69, 9.17) is 4.74 Å². The van der Waals surface area contributed by atoms with Crippen LogP contribution in [-0.4, -0.2) is 45.5 Å². The first-order chi connectivity index (χ1) is 23.6. The van der Waals surface area contributed by atoms with Crippen molar-refractivity contribution in [2.24, 2.45) is 11.8 Å². The van der Waals surface area contributed by atoms with Gasteiger partial charge in [0, 0.05) is 43.0 Å². The van der Waals surface area contributed by atoms with Crippen LogP contribution < -0.4 is 20.7 Å². The Morgan fingerprint density at radius 1 is 0.857 bits per heavy atom. The van der Waals surface area contributed by atoms with Crippen LogP contribution in [0.1, 0.15) is 36.8 Å². The maximum atomic E-state index is 15.0. The molecule has 0 spiro atoms. The van der Waals surface area contributed by atoms with Crippen LogP contribution in [0.4, 0.5) is 29.7 Å². The van der Waals surface area contributed by atoms with Crippen LogP contribution in [0.5, 0.6) is 11.5 Å². The second kappa shape index (κ2) is 16.3. The van der Waals surface area contributed by atoms with Crippen LogP contribution in [0.2, 0.25) is 0 Å². The monoisotopic (exact) mass is 671 g/mol. The number of anilines is 2. The van der Waals surface area contributed by atoms with E-state index in [2.05, 4.69) is 20.9 Å². The van der Waals surface area contributed by atoms with Crippen molar-refractivity contribution in [1.29, 1.82) is 0 Å². The van der Waals surface area contributed by atoms with E-state index in [-0.39, 0.29) is 47.0 Å². The van der Waals surface area contributed by atoms with Crippen molar-refractivity contribution in [2.45, 2.75) is 38.6 Å². The molecule has 4 aromatic rings. The van der Waals surface area contributed by atoms with Crippen LogP contribution >= 0.6 is 0 Å². The highest BCUT2D eigenvalue weighted by Gasteiger charge is 2.29. The van der Waals surface area contributed by atoms with E-state index < -0.39 is 29.7 Å². The normalized spacial score (nSPS) is 15.5. The van der Waals surface area contributed by atoms with E-state index >= 15 is 4.39 Å². The summed E-state index contributed by atoms with van der Waals surface area (Å²) >= 11 is 0. The highest BCUT2D eigenvalue weighted by Crippen LogP contribution is 2.34. The molecule has 3 aromatic carbocycles. The number of carboxylic acid groups (broad SMARTS) is 1. The minimum atomic E-state index is -0.979. The minimum absolute atomic E-state index is 0.0577. The molecule has 5 amide bonds. The van der Waals surface area contributed by atoms with Crippen molar-refractivity contribution in [3.05, 3.63) is 114 Å². The largest absolute Gasteiger partial charge is 0.465 e. The quantitative estimate of drug-likeness (QED) is 0.135. The highest BCUT2D eigenvalue weighted by molar-refractivity contribution is 6.01. The van der Waals surface area contributed by atoms with Crippen LogP contribution in [0.25, 0.3) is 0 Å². The molecule has 1 fully saturated rings. The highest BCUT2D eigenvalue weighted by atomic mass is 19.1. The van der Waals surface area contributed by atoms with E-state index in [9.17, 15) is 28.7 Å². The number of urea groups is 1. The molecular formula is C36H35F2N5O6. The predicted octanol–water partition coefficient (Wildman–Crippen LogP) is 6.97. The van der Waals surface area contributed by atoms with E-state index in [0.29, 0.717) is 44.3 Å². The first kappa shape index (κ1) is 34.5. The number of rotatable bonds is 11. The van der Waals surface area contributed by atoms with Gasteiger partial charge in [0.05, 0.1) is 12.6 Å². The Kier molecular flexibility index (Phi) is 11.5. The molecule has 1 heterocycles. The number of nitrogens with one attached hydrogen (secondary N) is 3. The second-order valence-electron chi connectivity index (χ2n) is 11.8. The van der Waals surface area contributed by atoms with Crippen molar-refractivity contribution in [3.8, 4) is 11.5 Å². The van der Waals surface area contributed by atoms with Gasteiger partial charge in [-0.15, -0.1) is 0 Å². The summed E-state index contributed by atoms with van der Waals surface area (Å²) in [6, 6.07) is 19.0. The molecule has 1 saturated carbocycles. The maximum Gasteiger partial charge on any atom is 0.407 e. The molecule has 0 atom stereocenters. The third kappa shape index (κ3) is 10.1. The number of imide groups is 1. The Morgan fingerprint density at radius 2 is 1.59 bits per heavy atom. The molecular weight excluding hydrogens is 636 g/mol. The van der Waals surface area contributed by atoms with Crippen molar-refractivity contribution in [3.63, 3.8) is 0 Å². The summed E-state index contributed by atoms with van der Waals surface area (Å²) in [7, 11) is 0. The minimum Gasteiger partial charge on any atom is -0.465 e. The molecule has 1 aromatic heterocycles.